The van der Waals surface area contributed by atoms with E-state index in [0.717, 1.165) is 11.8 Å². The fraction of sp³-hybridized carbons (Fsp3) is 0.250. The molecule has 4 rings (SSSR count). The Morgan fingerprint density at radius 2 is 1.94 bits per heavy atom. The molecule has 0 fully saturated rings. The minimum atomic E-state index is -0.443. The molecular weight excluding hydrogens is 459 g/mol. The Hall–Kier alpha value is -3.79. The highest BCUT2D eigenvalue weighted by atomic mass is 32.1. The van der Waals surface area contributed by atoms with E-state index in [4.69, 9.17) is 9.47 Å². The first-order valence-corrected chi connectivity index (χ1v) is 11.5. The lowest BCUT2D eigenvalue weighted by atomic mass is 10.1. The zero-order valence-corrected chi connectivity index (χ0v) is 19.7. The van der Waals surface area contributed by atoms with Gasteiger partial charge in [0.15, 0.2) is 17.3 Å². The van der Waals surface area contributed by atoms with E-state index in [0.29, 0.717) is 39.7 Å². The van der Waals surface area contributed by atoms with Gasteiger partial charge in [-0.2, -0.15) is 0 Å². The zero-order chi connectivity index (χ0) is 24.2. The van der Waals surface area contributed by atoms with Crippen molar-refractivity contribution in [3.63, 3.8) is 0 Å². The van der Waals surface area contributed by atoms with Gasteiger partial charge in [0, 0.05) is 28.4 Å². The number of halogens is 1. The lowest BCUT2D eigenvalue weighted by molar-refractivity contribution is 0.0899. The van der Waals surface area contributed by atoms with Gasteiger partial charge in [0.25, 0.3) is 5.91 Å². The van der Waals surface area contributed by atoms with E-state index in [2.05, 4.69) is 15.4 Å². The van der Waals surface area contributed by atoms with Gasteiger partial charge in [0.1, 0.15) is 5.82 Å². The van der Waals surface area contributed by atoms with Crippen LogP contribution in [0.5, 0.6) is 11.5 Å². The monoisotopic (exact) mass is 482 g/mol. The quantitative estimate of drug-likeness (QED) is 0.357. The van der Waals surface area contributed by atoms with Crippen LogP contribution in [0.15, 0.2) is 41.8 Å². The number of thiophene rings is 1. The molecule has 0 bridgehead atoms. The van der Waals surface area contributed by atoms with E-state index < -0.39 is 11.7 Å². The van der Waals surface area contributed by atoms with Gasteiger partial charge in [-0.1, -0.05) is 19.1 Å². The Balaban J connectivity index is 1.55. The maximum Gasteiger partial charge on any atom is 0.251 e. The Morgan fingerprint density at radius 3 is 2.68 bits per heavy atom. The van der Waals surface area contributed by atoms with E-state index in [9.17, 15) is 14.0 Å². The van der Waals surface area contributed by atoms with Crippen molar-refractivity contribution in [2.75, 3.05) is 20.8 Å². The molecule has 4 aromatic rings. The third kappa shape index (κ3) is 4.49. The van der Waals surface area contributed by atoms with E-state index >= 15 is 0 Å². The van der Waals surface area contributed by atoms with Crippen LogP contribution >= 0.6 is 11.3 Å². The molecule has 2 aromatic carbocycles. The fourth-order valence-corrected chi connectivity index (χ4v) is 4.50. The van der Waals surface area contributed by atoms with Crippen LogP contribution in [0, 0.1) is 5.82 Å². The smallest absolute Gasteiger partial charge is 0.251 e. The molecule has 1 N–H and O–H groups in total. The molecule has 0 spiro atoms. The largest absolute Gasteiger partial charge is 0.493 e. The summed E-state index contributed by atoms with van der Waals surface area (Å²) < 4.78 is 26.7. The van der Waals surface area contributed by atoms with Crippen molar-refractivity contribution < 1.29 is 23.5 Å². The molecule has 0 unspecified atom stereocenters. The summed E-state index contributed by atoms with van der Waals surface area (Å²) in [5, 5.41) is 9.50. The molecule has 0 radical (unpaired) electrons. The van der Waals surface area contributed by atoms with Crippen LogP contribution in [0.1, 0.15) is 34.3 Å². The molecular formula is C24H23FN4O4S. The van der Waals surface area contributed by atoms with Crippen LogP contribution in [0.25, 0.3) is 21.5 Å². The highest BCUT2D eigenvalue weighted by molar-refractivity contribution is 7.17. The van der Waals surface area contributed by atoms with Crippen LogP contribution in [-0.2, 0) is 6.54 Å². The number of ether oxygens (including phenoxy) is 2. The number of amides is 1. The summed E-state index contributed by atoms with van der Waals surface area (Å²) in [4.78, 5) is 29.8. The van der Waals surface area contributed by atoms with E-state index in [1.54, 1.807) is 22.9 Å². The van der Waals surface area contributed by atoms with E-state index in [1.807, 2.05) is 18.4 Å². The van der Waals surface area contributed by atoms with Crippen molar-refractivity contribution in [3.8, 4) is 22.9 Å². The summed E-state index contributed by atoms with van der Waals surface area (Å²) in [6, 6.07) is 9.60. The summed E-state index contributed by atoms with van der Waals surface area (Å²) in [7, 11) is 2.98. The SMILES string of the molecule is CCCn1nc(C(=O)CNC(=O)c2ccc(OC)c(OC)c2)nc1-c1csc2c(F)cccc12. The standard InChI is InChI=1S/C24H23FN4O4S/c1-4-10-29-23(16-13-34-21-15(16)6-5-7-17(21)25)27-22(28-29)18(30)12-26-24(31)14-8-9-19(32-2)20(11-14)33-3/h5-9,11,13H,4,10,12H2,1-3H3,(H,26,31). The van der Waals surface area contributed by atoms with Crippen LogP contribution in [0.3, 0.4) is 0 Å². The lowest BCUT2D eigenvalue weighted by Gasteiger charge is -2.09. The first-order chi connectivity index (χ1) is 16.5. The van der Waals surface area contributed by atoms with Crippen LogP contribution in [0.4, 0.5) is 4.39 Å². The number of hydrogen-bond acceptors (Lipinski definition) is 7. The molecule has 0 aliphatic rings. The highest BCUT2D eigenvalue weighted by Gasteiger charge is 2.21. The second-order valence-electron chi connectivity index (χ2n) is 7.42. The van der Waals surface area contributed by atoms with Gasteiger partial charge < -0.3 is 14.8 Å². The number of aromatic nitrogens is 3. The van der Waals surface area contributed by atoms with Crippen molar-refractivity contribution in [1.82, 2.24) is 20.1 Å². The molecule has 2 heterocycles. The minimum absolute atomic E-state index is 0.00758. The van der Waals surface area contributed by atoms with Gasteiger partial charge >= 0.3 is 0 Å². The summed E-state index contributed by atoms with van der Waals surface area (Å²) >= 11 is 1.28. The molecule has 8 nitrogen and oxygen atoms in total. The molecule has 10 heteroatoms. The number of rotatable bonds is 9. The summed E-state index contributed by atoms with van der Waals surface area (Å²) in [6.45, 7) is 2.25. The lowest BCUT2D eigenvalue weighted by Crippen LogP contribution is -2.30. The Morgan fingerprint density at radius 1 is 1.15 bits per heavy atom. The zero-order valence-electron chi connectivity index (χ0n) is 18.9. The number of hydrogen-bond donors (Lipinski definition) is 1. The third-order valence-corrected chi connectivity index (χ3v) is 6.21. The molecule has 34 heavy (non-hydrogen) atoms. The van der Waals surface area contributed by atoms with Crippen molar-refractivity contribution in [2.24, 2.45) is 0 Å². The van der Waals surface area contributed by atoms with Crippen molar-refractivity contribution in [1.29, 1.82) is 0 Å². The third-order valence-electron chi connectivity index (χ3n) is 5.20. The number of ketones is 1. The number of fused-ring (bicyclic) bond motifs is 1. The van der Waals surface area contributed by atoms with Gasteiger partial charge in [-0.05, 0) is 30.7 Å². The maximum absolute atomic E-state index is 14.2. The number of nitrogens with zero attached hydrogens (tertiary/aromatic N) is 3. The topological polar surface area (TPSA) is 95.3 Å². The second-order valence-corrected chi connectivity index (χ2v) is 8.30. The number of methoxy groups -OCH3 is 2. The summed E-state index contributed by atoms with van der Waals surface area (Å²) in [5.74, 6) is 0.210. The summed E-state index contributed by atoms with van der Waals surface area (Å²) in [5.41, 5.74) is 1.04. The maximum atomic E-state index is 14.2. The van der Waals surface area contributed by atoms with Crippen LogP contribution in [-0.4, -0.2) is 47.2 Å². The van der Waals surface area contributed by atoms with Crippen molar-refractivity contribution in [3.05, 3.63) is 59.0 Å². The van der Waals surface area contributed by atoms with Gasteiger partial charge in [0.05, 0.1) is 25.5 Å². The molecule has 176 valence electrons. The second kappa shape index (κ2) is 10.0. The predicted molar refractivity (Wildman–Crippen MR) is 127 cm³/mol. The molecule has 0 aliphatic heterocycles. The van der Waals surface area contributed by atoms with Gasteiger partial charge in [-0.3, -0.25) is 9.59 Å². The number of Topliss-reactive ketones (excluding diaryl/α,β-unsaturated/α-hetero) is 1. The average molecular weight is 483 g/mol. The highest BCUT2D eigenvalue weighted by Crippen LogP contribution is 2.34. The van der Waals surface area contributed by atoms with Crippen molar-refractivity contribution in [2.45, 2.75) is 19.9 Å². The summed E-state index contributed by atoms with van der Waals surface area (Å²) in [6.07, 6.45) is 0.774. The average Bonchev–Trinajstić information content (AvgIpc) is 3.47. The molecule has 0 atom stereocenters. The Labute approximate surface area is 199 Å². The molecule has 1 amide bonds. The number of nitrogens with one attached hydrogen (secondary N) is 1. The first kappa shape index (κ1) is 23.4. The Bertz CT molecular complexity index is 1360. The van der Waals surface area contributed by atoms with Gasteiger partial charge in [-0.15, -0.1) is 16.4 Å². The van der Waals surface area contributed by atoms with Crippen molar-refractivity contribution >= 4 is 33.1 Å². The fourth-order valence-electron chi connectivity index (χ4n) is 3.54. The van der Waals surface area contributed by atoms with Gasteiger partial charge in [0.2, 0.25) is 11.6 Å². The van der Waals surface area contributed by atoms with Crippen LogP contribution < -0.4 is 14.8 Å². The van der Waals surface area contributed by atoms with Gasteiger partial charge in [-0.25, -0.2) is 14.1 Å². The minimum Gasteiger partial charge on any atom is -0.493 e. The van der Waals surface area contributed by atoms with E-state index in [1.165, 1.54) is 37.7 Å². The predicted octanol–water partition coefficient (Wildman–Crippen LogP) is 4.34. The Kier molecular flexibility index (Phi) is 6.87. The molecule has 0 saturated heterocycles. The molecule has 0 aliphatic carbocycles. The van der Waals surface area contributed by atoms with E-state index in [-0.39, 0.29) is 18.2 Å². The normalized spacial score (nSPS) is 10.9. The van der Waals surface area contributed by atoms with Crippen LogP contribution in [0.2, 0.25) is 0 Å². The number of aryl methyl sites for hydroxylation is 1. The first-order valence-electron chi connectivity index (χ1n) is 10.6. The molecule has 2 aromatic heterocycles. The molecule has 0 saturated carbocycles. The number of carbonyl (C=O) groups is 2. The number of carbonyl (C=O) groups excluding carboxylic acids is 2. The number of benzene rings is 2.